The van der Waals surface area contributed by atoms with Crippen LogP contribution in [0.15, 0.2) is 42.5 Å². The summed E-state index contributed by atoms with van der Waals surface area (Å²) in [6, 6.07) is 7.43. The summed E-state index contributed by atoms with van der Waals surface area (Å²) in [7, 11) is -2.31. The zero-order chi connectivity index (χ0) is 41.1. The Morgan fingerprint density at radius 2 is 1.75 bits per heavy atom. The Labute approximate surface area is 322 Å². The van der Waals surface area contributed by atoms with Crippen LogP contribution >= 0.6 is 11.6 Å². The maximum Gasteiger partial charge on any atom is 0.292 e. The molecule has 0 saturated carbocycles. The Balaban J connectivity index is 1.54. The normalized spacial score (nSPS) is 15.8. The van der Waals surface area contributed by atoms with Crippen LogP contribution in [0.3, 0.4) is 0 Å². The van der Waals surface area contributed by atoms with E-state index in [4.69, 9.17) is 16.6 Å². The summed E-state index contributed by atoms with van der Waals surface area (Å²) in [5, 5.41) is 21.3. The van der Waals surface area contributed by atoms with Crippen LogP contribution in [0.4, 0.5) is 32.2 Å². The molecular formula is C37H34ClF6N7O4S. The maximum absolute atomic E-state index is 15.3. The summed E-state index contributed by atoms with van der Waals surface area (Å²) in [4.78, 5) is 18.6. The van der Waals surface area contributed by atoms with E-state index >= 15 is 8.78 Å². The van der Waals surface area contributed by atoms with Gasteiger partial charge in [-0.3, -0.25) is 18.9 Å². The molecule has 0 fully saturated rings. The van der Waals surface area contributed by atoms with Crippen molar-refractivity contribution in [1.82, 2.24) is 29.9 Å². The summed E-state index contributed by atoms with van der Waals surface area (Å²) in [5.41, 5.74) is -2.44. The lowest BCUT2D eigenvalue weighted by molar-refractivity contribution is -0.123. The standard InChI is InChI=1S/C37H34ClF6N7O4S/c1-18-12-25-31(34(41)42)47-51(33(25)37(18,43)44)17-28(52)46-27(15-19-13-20(39)16-21(40)14-19)30-23(7-6-22(45-30)10-11-36(2,3)53)24-8-9-26(38)29-32(24)50(4)48-35(29)49-56(5,54)55/h6-9,13-14,16,18,27,34,53H,12,15,17H2,1-5H3,(H,46,52)(H,48,49)/t18?,27-/m0/s1. The van der Waals surface area contributed by atoms with Crippen molar-refractivity contribution in [2.75, 3.05) is 11.0 Å². The summed E-state index contributed by atoms with van der Waals surface area (Å²) in [6.07, 6.45) is -3.00. The molecule has 0 saturated heterocycles. The van der Waals surface area contributed by atoms with Gasteiger partial charge in [-0.15, -0.1) is 0 Å². The number of rotatable bonds is 10. The number of fused-ring (bicyclic) bond motifs is 2. The molecule has 1 amide bonds. The minimum atomic E-state index is -3.83. The van der Waals surface area contributed by atoms with Gasteiger partial charge in [-0.25, -0.2) is 31.0 Å². The molecule has 1 aliphatic carbocycles. The Bertz CT molecular complexity index is 2540. The predicted molar refractivity (Wildman–Crippen MR) is 195 cm³/mol. The number of nitrogens with zero attached hydrogens (tertiary/aromatic N) is 5. The molecule has 1 aliphatic rings. The van der Waals surface area contributed by atoms with Crippen molar-refractivity contribution in [3.05, 3.63) is 93.0 Å². The van der Waals surface area contributed by atoms with E-state index < -0.39 is 75.4 Å². The minimum absolute atomic E-state index is 0.0194. The van der Waals surface area contributed by atoms with Gasteiger partial charge in [-0.05, 0) is 68.5 Å². The lowest BCUT2D eigenvalue weighted by Crippen LogP contribution is -2.35. The third-order valence-corrected chi connectivity index (χ3v) is 9.86. The van der Waals surface area contributed by atoms with Gasteiger partial charge in [0, 0.05) is 35.7 Å². The summed E-state index contributed by atoms with van der Waals surface area (Å²) in [6.45, 7) is 3.13. The lowest BCUT2D eigenvalue weighted by Gasteiger charge is -2.23. The molecule has 19 heteroatoms. The van der Waals surface area contributed by atoms with E-state index in [0.29, 0.717) is 21.8 Å². The number of benzene rings is 2. The first-order valence-electron chi connectivity index (χ1n) is 16.9. The van der Waals surface area contributed by atoms with Gasteiger partial charge < -0.3 is 10.4 Å². The first-order chi connectivity index (χ1) is 26.0. The minimum Gasteiger partial charge on any atom is -0.378 e. The monoisotopic (exact) mass is 821 g/mol. The summed E-state index contributed by atoms with van der Waals surface area (Å²) < 4.78 is 116. The third-order valence-electron chi connectivity index (χ3n) is 8.99. The van der Waals surface area contributed by atoms with Gasteiger partial charge in [-0.2, -0.15) is 19.0 Å². The van der Waals surface area contributed by atoms with E-state index in [1.165, 1.54) is 44.6 Å². The average molecular weight is 822 g/mol. The number of aliphatic hydroxyl groups is 1. The highest BCUT2D eigenvalue weighted by Crippen LogP contribution is 2.48. The highest BCUT2D eigenvalue weighted by atomic mass is 35.5. The number of alkyl halides is 4. The van der Waals surface area contributed by atoms with Crippen molar-refractivity contribution in [2.45, 2.75) is 64.1 Å². The van der Waals surface area contributed by atoms with Gasteiger partial charge in [0.1, 0.15) is 40.9 Å². The Morgan fingerprint density at radius 3 is 2.38 bits per heavy atom. The highest BCUT2D eigenvalue weighted by molar-refractivity contribution is 7.92. The number of carbonyl (C=O) groups excluding carboxylic acids is 1. The van der Waals surface area contributed by atoms with Gasteiger partial charge in [0.25, 0.3) is 12.3 Å². The molecule has 0 aliphatic heterocycles. The molecule has 0 radical (unpaired) electrons. The van der Waals surface area contributed by atoms with Crippen molar-refractivity contribution in [1.29, 1.82) is 0 Å². The number of nitrogens with one attached hydrogen (secondary N) is 2. The quantitative estimate of drug-likeness (QED) is 0.107. The maximum atomic E-state index is 15.3. The summed E-state index contributed by atoms with van der Waals surface area (Å²) in [5.74, 6) is -2.50. The Kier molecular flexibility index (Phi) is 10.7. The molecule has 3 aromatic heterocycles. The van der Waals surface area contributed by atoms with Crippen molar-refractivity contribution in [3.63, 3.8) is 0 Å². The molecular weight excluding hydrogens is 788 g/mol. The lowest BCUT2D eigenvalue weighted by atomic mass is 9.93. The van der Waals surface area contributed by atoms with Gasteiger partial charge in [0.05, 0.1) is 33.9 Å². The first kappa shape index (κ1) is 40.5. The summed E-state index contributed by atoms with van der Waals surface area (Å²) >= 11 is 6.57. The fraction of sp³-hybridized carbons (Fsp3) is 0.351. The van der Waals surface area contributed by atoms with Gasteiger partial charge in [-0.1, -0.05) is 30.5 Å². The van der Waals surface area contributed by atoms with E-state index in [2.05, 4.69) is 32.1 Å². The van der Waals surface area contributed by atoms with E-state index in [0.717, 1.165) is 18.4 Å². The fourth-order valence-corrected chi connectivity index (χ4v) is 7.44. The van der Waals surface area contributed by atoms with Crippen molar-refractivity contribution >= 4 is 44.3 Å². The smallest absolute Gasteiger partial charge is 0.292 e. The molecule has 296 valence electrons. The largest absolute Gasteiger partial charge is 0.378 e. The number of hydrogen-bond donors (Lipinski definition) is 3. The molecule has 56 heavy (non-hydrogen) atoms. The van der Waals surface area contributed by atoms with E-state index in [-0.39, 0.29) is 57.1 Å². The van der Waals surface area contributed by atoms with Crippen LogP contribution < -0.4 is 10.0 Å². The number of pyridine rings is 1. The molecule has 0 bridgehead atoms. The number of anilines is 1. The number of aromatic nitrogens is 5. The van der Waals surface area contributed by atoms with Crippen LogP contribution in [0.1, 0.15) is 67.1 Å². The van der Waals surface area contributed by atoms with Crippen LogP contribution in [0.2, 0.25) is 5.02 Å². The third kappa shape index (κ3) is 8.34. The number of halogens is 7. The predicted octanol–water partition coefficient (Wildman–Crippen LogP) is 6.58. The highest BCUT2D eigenvalue weighted by Gasteiger charge is 2.51. The second-order valence-corrected chi connectivity index (χ2v) is 16.3. The molecule has 3 N–H and O–H groups in total. The van der Waals surface area contributed by atoms with Crippen molar-refractivity contribution in [3.8, 4) is 23.0 Å². The molecule has 1 unspecified atom stereocenters. The second kappa shape index (κ2) is 14.8. The Morgan fingerprint density at radius 1 is 1.09 bits per heavy atom. The van der Waals surface area contributed by atoms with E-state index in [9.17, 15) is 35.9 Å². The van der Waals surface area contributed by atoms with Gasteiger partial charge >= 0.3 is 0 Å². The second-order valence-electron chi connectivity index (χ2n) is 14.1. The van der Waals surface area contributed by atoms with E-state index in [1.54, 1.807) is 12.1 Å². The average Bonchev–Trinajstić information content (AvgIpc) is 3.67. The van der Waals surface area contributed by atoms with Crippen LogP contribution in [-0.4, -0.2) is 55.8 Å². The number of amides is 1. The number of carbonyl (C=O) groups is 1. The van der Waals surface area contributed by atoms with Crippen LogP contribution in [0.25, 0.3) is 22.0 Å². The Hall–Kier alpha value is -5.12. The fourth-order valence-electron chi connectivity index (χ4n) is 6.70. The molecule has 3 heterocycles. The van der Waals surface area contributed by atoms with Crippen LogP contribution in [0, 0.1) is 29.4 Å². The topological polar surface area (TPSA) is 144 Å². The number of sulfonamides is 1. The molecule has 2 atom stereocenters. The van der Waals surface area contributed by atoms with Gasteiger partial charge in [0.15, 0.2) is 5.82 Å². The zero-order valence-corrected chi connectivity index (χ0v) is 31.9. The molecule has 2 aromatic carbocycles. The first-order valence-corrected chi connectivity index (χ1v) is 19.2. The van der Waals surface area contributed by atoms with Crippen LogP contribution in [0.5, 0.6) is 0 Å². The van der Waals surface area contributed by atoms with Crippen molar-refractivity contribution in [2.24, 2.45) is 13.0 Å². The van der Waals surface area contributed by atoms with Gasteiger partial charge in [0.2, 0.25) is 15.9 Å². The van der Waals surface area contributed by atoms with E-state index in [1.807, 2.05) is 0 Å². The molecule has 5 aromatic rings. The SMILES string of the molecule is CC1Cc2c(C(F)F)nn(CC(=O)N[C@@H](Cc3cc(F)cc(F)c3)c3nc(C#CC(C)(C)O)ccc3-c3ccc(Cl)c4c(NS(C)(=O)=O)nn(C)c34)c2C1(F)F. The van der Waals surface area contributed by atoms with Crippen LogP contribution in [-0.2, 0) is 47.2 Å². The molecule has 0 spiro atoms. The number of aryl methyl sites for hydroxylation is 1. The van der Waals surface area contributed by atoms with Crippen molar-refractivity contribution < 1.29 is 44.7 Å². The zero-order valence-electron chi connectivity index (χ0n) is 30.4. The number of hydrogen-bond acceptors (Lipinski definition) is 7. The molecule has 11 nitrogen and oxygen atoms in total. The molecule has 6 rings (SSSR count).